The van der Waals surface area contributed by atoms with Crippen LogP contribution in [0.2, 0.25) is 5.02 Å². The van der Waals surface area contributed by atoms with Gasteiger partial charge in [0.25, 0.3) is 11.5 Å². The zero-order valence-corrected chi connectivity index (χ0v) is 21.9. The minimum absolute atomic E-state index is 0.0196. The molecular formula is C28H20ClFN6O4. The first kappa shape index (κ1) is 25.6. The molecule has 0 aliphatic carbocycles. The molecule has 1 fully saturated rings. The van der Waals surface area contributed by atoms with Crippen LogP contribution in [0.1, 0.15) is 34.5 Å². The third kappa shape index (κ3) is 4.27. The number of hydrogen-bond acceptors (Lipinski definition) is 7. The molecule has 1 amide bonds. The quantitative estimate of drug-likeness (QED) is 0.302. The fourth-order valence-electron chi connectivity index (χ4n) is 4.92. The fourth-order valence-corrected chi connectivity index (χ4v) is 5.17. The highest BCUT2D eigenvalue weighted by atomic mass is 35.5. The summed E-state index contributed by atoms with van der Waals surface area (Å²) in [5.41, 5.74) is -0.101. The molecule has 0 bridgehead atoms. The molecule has 0 saturated carbocycles. The van der Waals surface area contributed by atoms with E-state index >= 15 is 0 Å². The van der Waals surface area contributed by atoms with Crippen LogP contribution in [-0.4, -0.2) is 37.7 Å². The number of aromatic nitrogens is 4. The van der Waals surface area contributed by atoms with Gasteiger partial charge in [0.2, 0.25) is 0 Å². The number of fused-ring (bicyclic) bond motifs is 2. The van der Waals surface area contributed by atoms with Crippen molar-refractivity contribution in [2.24, 2.45) is 4.99 Å². The second-order valence-electron chi connectivity index (χ2n) is 9.30. The van der Waals surface area contributed by atoms with Gasteiger partial charge in [-0.2, -0.15) is 10.3 Å². The van der Waals surface area contributed by atoms with E-state index in [2.05, 4.69) is 21.2 Å². The zero-order valence-electron chi connectivity index (χ0n) is 21.1. The van der Waals surface area contributed by atoms with Crippen LogP contribution in [0.5, 0.6) is 0 Å². The number of carbonyl (C=O) groups excluding carboxylic acids is 1. The Hall–Kier alpha value is -4.66. The smallest absolute Gasteiger partial charge is 0.284 e. The first-order valence-electron chi connectivity index (χ1n) is 12.4. The average molecular weight is 559 g/mol. The Labute approximate surface area is 230 Å². The molecule has 0 radical (unpaired) electrons. The lowest BCUT2D eigenvalue weighted by Gasteiger charge is -2.16. The third-order valence-electron chi connectivity index (χ3n) is 6.80. The van der Waals surface area contributed by atoms with Crippen molar-refractivity contribution in [3.63, 3.8) is 0 Å². The highest BCUT2D eigenvalue weighted by Gasteiger charge is 2.27. The van der Waals surface area contributed by atoms with Crippen LogP contribution < -0.4 is 11.0 Å². The van der Waals surface area contributed by atoms with Crippen molar-refractivity contribution in [2.45, 2.75) is 32.4 Å². The van der Waals surface area contributed by atoms with Crippen molar-refractivity contribution in [1.82, 2.24) is 19.1 Å². The minimum Gasteiger partial charge on any atom is -0.376 e. The van der Waals surface area contributed by atoms with E-state index in [1.807, 2.05) is 0 Å². The molecule has 0 N–H and O–H groups in total. The number of carbonyl (C=O) groups is 1. The number of hydrogen-bond donors (Lipinski definition) is 0. The van der Waals surface area contributed by atoms with E-state index in [4.69, 9.17) is 20.9 Å². The van der Waals surface area contributed by atoms with Gasteiger partial charge in [-0.25, -0.2) is 9.37 Å². The Balaban J connectivity index is 1.63. The van der Waals surface area contributed by atoms with Crippen LogP contribution >= 0.6 is 11.6 Å². The first-order chi connectivity index (χ1) is 19.4. The van der Waals surface area contributed by atoms with Gasteiger partial charge in [-0.1, -0.05) is 28.9 Å². The van der Waals surface area contributed by atoms with Gasteiger partial charge in [0.1, 0.15) is 40.2 Å². The maximum Gasteiger partial charge on any atom is 0.284 e. The molecule has 200 valence electrons. The second-order valence-corrected chi connectivity index (χ2v) is 9.71. The Morgan fingerprint density at radius 1 is 1.30 bits per heavy atom. The summed E-state index contributed by atoms with van der Waals surface area (Å²) in [6, 6.07) is 12.7. The van der Waals surface area contributed by atoms with E-state index in [9.17, 15) is 19.2 Å². The van der Waals surface area contributed by atoms with Crippen LogP contribution in [0.4, 0.5) is 4.39 Å². The Kier molecular flexibility index (Phi) is 6.50. The first-order valence-corrected chi connectivity index (χ1v) is 12.8. The molecule has 40 heavy (non-hydrogen) atoms. The van der Waals surface area contributed by atoms with E-state index in [1.165, 1.54) is 35.6 Å². The van der Waals surface area contributed by atoms with E-state index in [-0.39, 0.29) is 67.9 Å². The van der Waals surface area contributed by atoms with E-state index in [1.54, 1.807) is 29.0 Å². The molecule has 1 aromatic carbocycles. The van der Waals surface area contributed by atoms with Gasteiger partial charge in [0.15, 0.2) is 5.49 Å². The molecule has 10 nitrogen and oxygen atoms in total. The van der Waals surface area contributed by atoms with Crippen molar-refractivity contribution in [3.8, 4) is 17.3 Å². The predicted octanol–water partition coefficient (Wildman–Crippen LogP) is 4.20. The number of amides is 1. The summed E-state index contributed by atoms with van der Waals surface area (Å²) in [7, 11) is 0. The van der Waals surface area contributed by atoms with Gasteiger partial charge < -0.3 is 13.8 Å². The van der Waals surface area contributed by atoms with Gasteiger partial charge in [-0.3, -0.25) is 14.0 Å². The summed E-state index contributed by atoms with van der Waals surface area (Å²) >= 11 is 6.24. The van der Waals surface area contributed by atoms with Crippen molar-refractivity contribution in [2.75, 3.05) is 6.61 Å². The highest BCUT2D eigenvalue weighted by molar-refractivity contribution is 6.33. The van der Waals surface area contributed by atoms with E-state index in [0.29, 0.717) is 12.3 Å². The number of ether oxygens (including phenoxy) is 1. The number of nitrogens with zero attached hydrogens (tertiary/aromatic N) is 6. The molecule has 1 aliphatic heterocycles. The number of aryl methyl sites for hydroxylation is 1. The van der Waals surface area contributed by atoms with Crippen molar-refractivity contribution >= 4 is 34.2 Å². The molecule has 5 heterocycles. The molecule has 12 heteroatoms. The molecule has 1 atom stereocenters. The number of halogens is 2. The van der Waals surface area contributed by atoms with Gasteiger partial charge in [-0.15, -0.1) is 0 Å². The predicted molar refractivity (Wildman–Crippen MR) is 142 cm³/mol. The summed E-state index contributed by atoms with van der Waals surface area (Å²) in [6.07, 6.45) is 2.93. The van der Waals surface area contributed by atoms with Crippen LogP contribution in [0, 0.1) is 24.1 Å². The molecule has 1 saturated heterocycles. The molecule has 1 aliphatic rings. The van der Waals surface area contributed by atoms with Crippen molar-refractivity contribution in [1.29, 1.82) is 5.26 Å². The van der Waals surface area contributed by atoms with Gasteiger partial charge in [0.05, 0.1) is 34.2 Å². The van der Waals surface area contributed by atoms with Crippen molar-refractivity contribution in [3.05, 3.63) is 92.2 Å². The minimum atomic E-state index is -0.831. The van der Waals surface area contributed by atoms with E-state index < -0.39 is 11.7 Å². The Morgan fingerprint density at radius 2 is 2.15 bits per heavy atom. The molecule has 6 rings (SSSR count). The normalized spacial score (nSPS) is 15.7. The largest absolute Gasteiger partial charge is 0.376 e. The summed E-state index contributed by atoms with van der Waals surface area (Å²) in [5.74, 6) is -1.43. The van der Waals surface area contributed by atoms with Crippen LogP contribution in [0.15, 0.2) is 63.0 Å². The lowest BCUT2D eigenvalue weighted by Crippen LogP contribution is -2.33. The molecule has 5 aromatic rings. The highest BCUT2D eigenvalue weighted by Crippen LogP contribution is 2.33. The molecule has 4 aromatic heterocycles. The topological polar surface area (TPSA) is 128 Å². The maximum atomic E-state index is 14.8. The van der Waals surface area contributed by atoms with Crippen molar-refractivity contribution < 1.29 is 18.4 Å². The summed E-state index contributed by atoms with van der Waals surface area (Å²) in [4.78, 5) is 36.1. The third-order valence-corrected chi connectivity index (χ3v) is 7.12. The molecular weight excluding hydrogens is 539 g/mol. The summed E-state index contributed by atoms with van der Waals surface area (Å²) < 4.78 is 28.8. The number of rotatable bonds is 4. The standard InChI is InChI=1S/C28H20ClFN6O4/c1-15-22(24(34-40-15)23-19(29)7-4-8-20(23)30)27(37)33-25-16(13-31)12-18-26(36(25)14-17-6-5-11-39-17)32-21-9-2-3-10-35(21)28(18)38/h2-4,7-10,12,17H,5-6,11,14H2,1H3. The Morgan fingerprint density at radius 3 is 2.90 bits per heavy atom. The van der Waals surface area contributed by atoms with Crippen LogP contribution in [0.3, 0.4) is 0 Å². The molecule has 1 unspecified atom stereocenters. The number of pyridine rings is 2. The van der Waals surface area contributed by atoms with E-state index in [0.717, 1.165) is 12.8 Å². The monoisotopic (exact) mass is 558 g/mol. The van der Waals surface area contributed by atoms with Crippen LogP contribution in [-0.2, 0) is 11.3 Å². The lowest BCUT2D eigenvalue weighted by atomic mass is 10.1. The van der Waals surface area contributed by atoms with Crippen LogP contribution in [0.25, 0.3) is 27.9 Å². The fraction of sp³-hybridized carbons (Fsp3) is 0.214. The molecule has 0 spiro atoms. The Bertz CT molecular complexity index is 1980. The number of nitriles is 1. The number of benzene rings is 1. The average Bonchev–Trinajstić information content (AvgIpc) is 3.60. The van der Waals surface area contributed by atoms with Gasteiger partial charge in [-0.05, 0) is 50.1 Å². The van der Waals surface area contributed by atoms with Gasteiger partial charge >= 0.3 is 0 Å². The zero-order chi connectivity index (χ0) is 28.0. The summed E-state index contributed by atoms with van der Waals surface area (Å²) in [5, 5.41) is 14.2. The summed E-state index contributed by atoms with van der Waals surface area (Å²) in [6.45, 7) is 2.26. The van der Waals surface area contributed by atoms with Gasteiger partial charge in [0, 0.05) is 12.8 Å². The maximum absolute atomic E-state index is 14.8. The lowest BCUT2D eigenvalue weighted by molar-refractivity contribution is 0.0952. The SMILES string of the molecule is Cc1onc(-c2c(F)cccc2Cl)c1C(=O)N=c1c(C#N)cc2c(=O)n3ccccc3nc2n1CC1CCCO1. The second kappa shape index (κ2) is 10.1.